The molecular weight excluding hydrogens is 311 g/mol. The molecule has 2 N–H and O–H groups in total. The van der Waals surface area contributed by atoms with Crippen molar-refractivity contribution < 1.29 is 19.8 Å². The average molecular weight is 322 g/mol. The van der Waals surface area contributed by atoms with E-state index in [2.05, 4.69) is 15.9 Å². The van der Waals surface area contributed by atoms with Crippen LogP contribution in [0, 0.1) is 0 Å². The number of benzene rings is 1. The summed E-state index contributed by atoms with van der Waals surface area (Å²) in [5, 5.41) is 18.5. The van der Waals surface area contributed by atoms with Gasteiger partial charge in [0.15, 0.2) is 6.10 Å². The Kier molecular flexibility index (Phi) is 5.11. The Labute approximate surface area is 111 Å². The van der Waals surface area contributed by atoms with Gasteiger partial charge < -0.3 is 10.2 Å². The summed E-state index contributed by atoms with van der Waals surface area (Å²) < 4.78 is 0. The first-order valence-electron chi connectivity index (χ1n) is 4.72. The number of aliphatic hydroxyl groups is 1. The second kappa shape index (κ2) is 6.14. The van der Waals surface area contributed by atoms with Crippen LogP contribution in [-0.2, 0) is 16.0 Å². The molecule has 1 aromatic carbocycles. The van der Waals surface area contributed by atoms with E-state index < -0.39 is 12.1 Å². The van der Waals surface area contributed by atoms with Gasteiger partial charge in [-0.1, -0.05) is 39.7 Å². The molecule has 4 nitrogen and oxygen atoms in total. The zero-order valence-corrected chi connectivity index (χ0v) is 11.0. The predicted octanol–water partition coefficient (Wildman–Crippen LogP) is 1.96. The van der Waals surface area contributed by atoms with Gasteiger partial charge in [-0.3, -0.25) is 4.79 Å². The summed E-state index contributed by atoms with van der Waals surface area (Å²) in [6.45, 7) is 0. The number of aliphatic hydroxyl groups excluding tert-OH is 1. The lowest BCUT2D eigenvalue weighted by Crippen LogP contribution is -2.12. The summed E-state index contributed by atoms with van der Waals surface area (Å²) >= 11 is 8.83. The Morgan fingerprint density at radius 3 is 2.59 bits per heavy atom. The maximum Gasteiger partial charge on any atom is 0.337 e. The molecule has 0 radical (unpaired) electrons. The fraction of sp³-hybridized carbons (Fsp3) is 0.273. The van der Waals surface area contributed by atoms with Gasteiger partial charge in [0.05, 0.1) is 5.33 Å². The molecule has 17 heavy (non-hydrogen) atoms. The van der Waals surface area contributed by atoms with E-state index in [0.717, 1.165) is 0 Å². The summed E-state index contributed by atoms with van der Waals surface area (Å²) in [6.07, 6.45) is -1.51. The lowest BCUT2D eigenvalue weighted by atomic mass is 10.0. The minimum atomic E-state index is -1.68. The molecule has 1 rings (SSSR count). The first-order chi connectivity index (χ1) is 7.95. The predicted molar refractivity (Wildman–Crippen MR) is 66.6 cm³/mol. The molecule has 0 aliphatic heterocycles. The van der Waals surface area contributed by atoms with E-state index in [1.807, 2.05) is 0 Å². The Hall–Kier alpha value is -0.910. The molecule has 0 heterocycles. The third kappa shape index (κ3) is 3.80. The standard InChI is InChI=1S/C11H10BrClO4/c12-5-7(14)3-6-1-2-9(13)8(4-6)10(15)11(16)17/h1-2,4,10,15H,3,5H2,(H,16,17). The Morgan fingerprint density at radius 2 is 2.06 bits per heavy atom. The highest BCUT2D eigenvalue weighted by Crippen LogP contribution is 2.24. The van der Waals surface area contributed by atoms with Crippen LogP contribution in [-0.4, -0.2) is 27.3 Å². The maximum atomic E-state index is 11.2. The number of rotatable bonds is 5. The van der Waals surface area contributed by atoms with Crippen LogP contribution in [0.4, 0.5) is 0 Å². The van der Waals surface area contributed by atoms with E-state index in [-0.39, 0.29) is 28.1 Å². The molecule has 0 aliphatic carbocycles. The second-order valence-corrected chi connectivity index (χ2v) is 4.41. The highest BCUT2D eigenvalue weighted by atomic mass is 79.9. The van der Waals surface area contributed by atoms with E-state index in [4.69, 9.17) is 16.7 Å². The largest absolute Gasteiger partial charge is 0.479 e. The highest BCUT2D eigenvalue weighted by molar-refractivity contribution is 9.09. The van der Waals surface area contributed by atoms with E-state index in [9.17, 15) is 14.7 Å². The minimum absolute atomic E-state index is 0.0388. The number of alkyl halides is 1. The van der Waals surface area contributed by atoms with Gasteiger partial charge in [-0.05, 0) is 11.6 Å². The molecule has 0 aliphatic rings. The van der Waals surface area contributed by atoms with Crippen molar-refractivity contribution in [2.24, 2.45) is 0 Å². The molecule has 6 heteroatoms. The van der Waals surface area contributed by atoms with E-state index in [1.165, 1.54) is 12.1 Å². The number of ketones is 1. The molecule has 1 unspecified atom stereocenters. The topological polar surface area (TPSA) is 74.6 Å². The van der Waals surface area contributed by atoms with Crippen LogP contribution < -0.4 is 0 Å². The van der Waals surface area contributed by atoms with Crippen LogP contribution in [0.2, 0.25) is 5.02 Å². The van der Waals surface area contributed by atoms with E-state index in [0.29, 0.717) is 5.56 Å². The van der Waals surface area contributed by atoms with Crippen molar-refractivity contribution in [2.75, 3.05) is 5.33 Å². The Balaban J connectivity index is 3.02. The van der Waals surface area contributed by atoms with Gasteiger partial charge in [0.2, 0.25) is 0 Å². The van der Waals surface area contributed by atoms with Gasteiger partial charge in [-0.25, -0.2) is 4.79 Å². The molecule has 0 saturated carbocycles. The summed E-state index contributed by atoms with van der Waals surface area (Å²) in [6, 6.07) is 4.53. The lowest BCUT2D eigenvalue weighted by Gasteiger charge is -2.10. The van der Waals surface area contributed by atoms with Crippen molar-refractivity contribution >= 4 is 39.3 Å². The first kappa shape index (κ1) is 14.2. The van der Waals surface area contributed by atoms with Gasteiger partial charge in [-0.2, -0.15) is 0 Å². The summed E-state index contributed by atoms with van der Waals surface area (Å²) in [5.41, 5.74) is 0.716. The average Bonchev–Trinajstić information content (AvgIpc) is 2.30. The number of carbonyl (C=O) groups is 2. The molecule has 1 atom stereocenters. The number of hydrogen-bond acceptors (Lipinski definition) is 3. The number of hydrogen-bond donors (Lipinski definition) is 2. The third-order valence-corrected chi connectivity index (χ3v) is 3.11. The van der Waals surface area contributed by atoms with Crippen LogP contribution in [0.5, 0.6) is 0 Å². The second-order valence-electron chi connectivity index (χ2n) is 3.45. The van der Waals surface area contributed by atoms with Gasteiger partial charge in [0.25, 0.3) is 0 Å². The van der Waals surface area contributed by atoms with Crippen molar-refractivity contribution in [2.45, 2.75) is 12.5 Å². The van der Waals surface area contributed by atoms with Crippen LogP contribution in [0.3, 0.4) is 0 Å². The first-order valence-corrected chi connectivity index (χ1v) is 6.22. The van der Waals surface area contributed by atoms with Crippen LogP contribution >= 0.6 is 27.5 Å². The molecular formula is C11H10BrClO4. The molecule has 0 fully saturated rings. The van der Waals surface area contributed by atoms with Crippen molar-refractivity contribution in [3.05, 3.63) is 34.3 Å². The van der Waals surface area contributed by atoms with Crippen molar-refractivity contribution in [1.29, 1.82) is 0 Å². The number of Topliss-reactive ketones (excluding diaryl/α,β-unsaturated/α-hetero) is 1. The molecule has 0 saturated heterocycles. The van der Waals surface area contributed by atoms with Crippen LogP contribution in [0.1, 0.15) is 17.2 Å². The van der Waals surface area contributed by atoms with Crippen molar-refractivity contribution in [3.8, 4) is 0 Å². The Morgan fingerprint density at radius 1 is 1.41 bits per heavy atom. The lowest BCUT2D eigenvalue weighted by molar-refractivity contribution is -0.146. The maximum absolute atomic E-state index is 11.2. The van der Waals surface area contributed by atoms with Crippen LogP contribution in [0.25, 0.3) is 0 Å². The van der Waals surface area contributed by atoms with Gasteiger partial charge >= 0.3 is 5.97 Å². The molecule has 0 spiro atoms. The number of aliphatic carboxylic acids is 1. The SMILES string of the molecule is O=C(CBr)Cc1ccc(Cl)c(C(O)C(=O)O)c1. The van der Waals surface area contributed by atoms with Crippen LogP contribution in [0.15, 0.2) is 18.2 Å². The number of carboxylic acid groups (broad SMARTS) is 1. The highest BCUT2D eigenvalue weighted by Gasteiger charge is 2.19. The molecule has 92 valence electrons. The van der Waals surface area contributed by atoms with Gasteiger partial charge in [0.1, 0.15) is 5.78 Å². The normalized spacial score (nSPS) is 12.2. The summed E-state index contributed by atoms with van der Waals surface area (Å²) in [7, 11) is 0. The van der Waals surface area contributed by atoms with Crippen molar-refractivity contribution in [1.82, 2.24) is 0 Å². The zero-order chi connectivity index (χ0) is 13.0. The summed E-state index contributed by atoms with van der Waals surface area (Å²) in [4.78, 5) is 21.9. The quantitative estimate of drug-likeness (QED) is 0.813. The Bertz CT molecular complexity index is 447. The number of carboxylic acids is 1. The minimum Gasteiger partial charge on any atom is -0.479 e. The smallest absolute Gasteiger partial charge is 0.337 e. The fourth-order valence-corrected chi connectivity index (χ4v) is 1.74. The monoisotopic (exact) mass is 320 g/mol. The zero-order valence-electron chi connectivity index (χ0n) is 8.69. The van der Waals surface area contributed by atoms with Gasteiger partial charge in [0, 0.05) is 17.0 Å². The number of carbonyl (C=O) groups excluding carboxylic acids is 1. The van der Waals surface area contributed by atoms with Crippen molar-refractivity contribution in [3.63, 3.8) is 0 Å². The summed E-state index contributed by atoms with van der Waals surface area (Å²) in [5.74, 6) is -1.42. The van der Waals surface area contributed by atoms with Gasteiger partial charge in [-0.15, -0.1) is 0 Å². The molecule has 1 aromatic rings. The molecule has 0 amide bonds. The van der Waals surface area contributed by atoms with E-state index >= 15 is 0 Å². The van der Waals surface area contributed by atoms with E-state index in [1.54, 1.807) is 6.07 Å². The molecule has 0 aromatic heterocycles. The third-order valence-electron chi connectivity index (χ3n) is 2.14. The number of halogens is 2. The fourth-order valence-electron chi connectivity index (χ4n) is 1.32. The molecule has 0 bridgehead atoms.